The quantitative estimate of drug-likeness (QED) is 0.211. The Labute approximate surface area is 194 Å². The molecule has 0 atom stereocenters. The first kappa shape index (κ1) is 26.6. The number of methoxy groups -OCH3 is 1. The minimum absolute atomic E-state index is 0.0944. The number of furan rings is 1. The van der Waals surface area contributed by atoms with E-state index in [2.05, 4.69) is 5.32 Å². The molecule has 32 heavy (non-hydrogen) atoms. The highest BCUT2D eigenvalue weighted by atomic mass is 16.5. The highest BCUT2D eigenvalue weighted by Crippen LogP contribution is 2.37. The summed E-state index contributed by atoms with van der Waals surface area (Å²) in [6.45, 7) is 0.178. The molecule has 1 fully saturated rings. The zero-order valence-corrected chi connectivity index (χ0v) is 20.1. The molecular weight excluding hydrogens is 406 g/mol. The van der Waals surface area contributed by atoms with Crippen LogP contribution in [0.15, 0.2) is 4.42 Å². The van der Waals surface area contributed by atoms with Gasteiger partial charge in [-0.1, -0.05) is 83.5 Å². The van der Waals surface area contributed by atoms with Crippen molar-refractivity contribution < 1.29 is 24.2 Å². The average Bonchev–Trinajstić information content (AvgIpc) is 3.56. The topological polar surface area (TPSA) is 91.9 Å². The van der Waals surface area contributed by atoms with Gasteiger partial charge in [-0.2, -0.15) is 0 Å². The van der Waals surface area contributed by atoms with Gasteiger partial charge in [0.1, 0.15) is 12.4 Å². The highest BCUT2D eigenvalue weighted by molar-refractivity contribution is 5.75. The predicted molar refractivity (Wildman–Crippen MR) is 127 cm³/mol. The van der Waals surface area contributed by atoms with Gasteiger partial charge in [0.05, 0.1) is 7.11 Å². The van der Waals surface area contributed by atoms with Gasteiger partial charge in [-0.25, -0.2) is 0 Å². The number of aryl methyl sites for hydroxylation is 1. The molecule has 3 N–H and O–H groups in total. The summed E-state index contributed by atoms with van der Waals surface area (Å²) in [6, 6.07) is 0. The van der Waals surface area contributed by atoms with Crippen molar-refractivity contribution in [3.8, 4) is 11.5 Å². The number of amides is 1. The van der Waals surface area contributed by atoms with E-state index in [1.165, 1.54) is 84.2 Å². The molecule has 0 unspecified atom stereocenters. The minimum Gasteiger partial charge on any atom is -0.502 e. The van der Waals surface area contributed by atoms with Crippen molar-refractivity contribution in [3.63, 3.8) is 0 Å². The van der Waals surface area contributed by atoms with E-state index < -0.39 is 0 Å². The Bertz CT molecular complexity index is 638. The summed E-state index contributed by atoms with van der Waals surface area (Å²) in [6.07, 6.45) is 20.6. The third-order valence-electron chi connectivity index (χ3n) is 6.44. The van der Waals surface area contributed by atoms with Crippen LogP contribution in [-0.2, 0) is 17.8 Å². The Balaban J connectivity index is 1.35. The normalized spacial score (nSPS) is 13.4. The summed E-state index contributed by atoms with van der Waals surface area (Å²) in [5, 5.41) is 22.0. The number of ether oxygens (including phenoxy) is 1. The van der Waals surface area contributed by atoms with E-state index in [-0.39, 0.29) is 29.8 Å². The van der Waals surface area contributed by atoms with Crippen molar-refractivity contribution in [2.75, 3.05) is 13.7 Å². The van der Waals surface area contributed by atoms with Gasteiger partial charge in [-0.05, 0) is 18.8 Å². The maximum absolute atomic E-state index is 12.0. The summed E-state index contributed by atoms with van der Waals surface area (Å²) < 4.78 is 10.5. The molecule has 1 aromatic heterocycles. The van der Waals surface area contributed by atoms with Crippen LogP contribution >= 0.6 is 0 Å². The van der Waals surface area contributed by atoms with Gasteiger partial charge in [0.15, 0.2) is 5.76 Å². The molecule has 6 nitrogen and oxygen atoms in total. The van der Waals surface area contributed by atoms with Gasteiger partial charge < -0.3 is 24.7 Å². The van der Waals surface area contributed by atoms with E-state index in [1.807, 2.05) is 0 Å². The lowest BCUT2D eigenvalue weighted by Gasteiger charge is -2.06. The molecule has 2 rings (SSSR count). The lowest BCUT2D eigenvalue weighted by atomic mass is 10.0. The Hall–Kier alpha value is -1.69. The number of rotatable bonds is 20. The van der Waals surface area contributed by atoms with Gasteiger partial charge in [0, 0.05) is 19.4 Å². The number of carbonyl (C=O) groups excluding carboxylic acids is 1. The minimum atomic E-state index is -0.376. The Morgan fingerprint density at radius 1 is 0.938 bits per heavy atom. The Morgan fingerprint density at radius 3 is 2.09 bits per heavy atom. The van der Waals surface area contributed by atoms with Crippen LogP contribution in [0.3, 0.4) is 0 Å². The van der Waals surface area contributed by atoms with E-state index in [1.54, 1.807) is 0 Å². The number of aliphatic hydroxyl groups excluding tert-OH is 1. The van der Waals surface area contributed by atoms with Crippen molar-refractivity contribution >= 4 is 5.91 Å². The fraction of sp³-hybridized carbons (Fsp3) is 0.808. The van der Waals surface area contributed by atoms with Crippen LogP contribution in [0.1, 0.15) is 114 Å². The molecule has 6 heteroatoms. The summed E-state index contributed by atoms with van der Waals surface area (Å²) in [4.78, 5) is 12.0. The van der Waals surface area contributed by atoms with E-state index in [9.17, 15) is 9.90 Å². The lowest BCUT2D eigenvalue weighted by molar-refractivity contribution is -0.121. The number of nitrogens with one attached hydrogen (secondary N) is 1. The highest BCUT2D eigenvalue weighted by Gasteiger charge is 2.20. The average molecular weight is 452 g/mol. The number of hydrogen-bond acceptors (Lipinski definition) is 5. The molecule has 1 aliphatic carbocycles. The van der Waals surface area contributed by atoms with Crippen molar-refractivity contribution in [2.24, 2.45) is 5.92 Å². The summed E-state index contributed by atoms with van der Waals surface area (Å²) >= 11 is 0. The maximum Gasteiger partial charge on any atom is 0.219 e. The predicted octanol–water partition coefficient (Wildman–Crippen LogP) is 6.02. The van der Waals surface area contributed by atoms with E-state index in [4.69, 9.17) is 14.3 Å². The lowest BCUT2D eigenvalue weighted by Crippen LogP contribution is -2.24. The van der Waals surface area contributed by atoms with Gasteiger partial charge in [0.2, 0.25) is 17.4 Å². The Kier molecular flexibility index (Phi) is 13.3. The van der Waals surface area contributed by atoms with Crippen LogP contribution in [-0.4, -0.2) is 29.8 Å². The van der Waals surface area contributed by atoms with Crippen LogP contribution in [0.25, 0.3) is 0 Å². The van der Waals surface area contributed by atoms with Crippen molar-refractivity contribution in [2.45, 2.75) is 116 Å². The second-order valence-corrected chi connectivity index (χ2v) is 9.31. The molecule has 1 amide bonds. The van der Waals surface area contributed by atoms with Gasteiger partial charge in [0.25, 0.3) is 0 Å². The van der Waals surface area contributed by atoms with Crippen molar-refractivity contribution in [3.05, 3.63) is 11.5 Å². The first-order valence-electron chi connectivity index (χ1n) is 12.9. The molecule has 0 aliphatic heterocycles. The van der Waals surface area contributed by atoms with Gasteiger partial charge >= 0.3 is 0 Å². The zero-order valence-electron chi connectivity index (χ0n) is 20.1. The largest absolute Gasteiger partial charge is 0.502 e. The molecule has 0 bridgehead atoms. The fourth-order valence-corrected chi connectivity index (χ4v) is 4.27. The third kappa shape index (κ3) is 10.8. The molecule has 1 heterocycles. The van der Waals surface area contributed by atoms with Gasteiger partial charge in [-0.15, -0.1) is 0 Å². The van der Waals surface area contributed by atoms with Crippen LogP contribution in [0, 0.1) is 5.92 Å². The summed E-state index contributed by atoms with van der Waals surface area (Å²) in [7, 11) is 1.45. The fourth-order valence-electron chi connectivity index (χ4n) is 4.27. The van der Waals surface area contributed by atoms with E-state index in [0.717, 1.165) is 18.8 Å². The van der Waals surface area contributed by atoms with Gasteiger partial charge in [-0.3, -0.25) is 4.79 Å². The molecule has 0 spiro atoms. The third-order valence-corrected chi connectivity index (χ3v) is 6.44. The monoisotopic (exact) mass is 451 g/mol. The van der Waals surface area contributed by atoms with Crippen LogP contribution < -0.4 is 10.1 Å². The number of aliphatic hydroxyl groups is 1. The molecule has 1 aromatic rings. The Morgan fingerprint density at radius 2 is 1.53 bits per heavy atom. The van der Waals surface area contributed by atoms with Crippen LogP contribution in [0.2, 0.25) is 0 Å². The van der Waals surface area contributed by atoms with E-state index in [0.29, 0.717) is 31.6 Å². The SMILES string of the molecule is COc1c(CCCNC(=O)CCCCCCCCCCCCCC2CC2)oc(CO)c1O. The molecule has 0 aromatic carbocycles. The first-order chi connectivity index (χ1) is 15.7. The van der Waals surface area contributed by atoms with Crippen molar-refractivity contribution in [1.29, 1.82) is 0 Å². The van der Waals surface area contributed by atoms with Crippen LogP contribution in [0.5, 0.6) is 11.5 Å². The number of aromatic hydroxyl groups is 1. The molecule has 1 aliphatic rings. The smallest absolute Gasteiger partial charge is 0.219 e. The number of carbonyl (C=O) groups is 1. The van der Waals surface area contributed by atoms with E-state index >= 15 is 0 Å². The maximum atomic E-state index is 12.0. The molecule has 0 radical (unpaired) electrons. The second-order valence-electron chi connectivity index (χ2n) is 9.31. The van der Waals surface area contributed by atoms with Crippen molar-refractivity contribution in [1.82, 2.24) is 5.32 Å². The molecule has 1 saturated carbocycles. The second kappa shape index (κ2) is 16.0. The molecule has 184 valence electrons. The zero-order chi connectivity index (χ0) is 23.0. The summed E-state index contributed by atoms with van der Waals surface area (Å²) in [5.74, 6) is 1.92. The molecular formula is C26H45NO5. The standard InChI is InChI=1S/C26H45NO5/c1-31-26-22(32-23(20-28)25(26)30)15-13-19-27-24(29)16-12-10-8-6-4-2-3-5-7-9-11-14-21-17-18-21/h21,28,30H,2-20H2,1H3,(H,27,29). The first-order valence-corrected chi connectivity index (χ1v) is 12.9. The number of hydrogen-bond donors (Lipinski definition) is 3. The summed E-state index contributed by atoms with van der Waals surface area (Å²) in [5.41, 5.74) is 0. The van der Waals surface area contributed by atoms with Crippen LogP contribution in [0.4, 0.5) is 0 Å². The number of unbranched alkanes of at least 4 members (excludes halogenated alkanes) is 10. The molecule has 0 saturated heterocycles.